The van der Waals surface area contributed by atoms with Gasteiger partial charge in [-0.2, -0.15) is 0 Å². The summed E-state index contributed by atoms with van der Waals surface area (Å²) in [7, 11) is 0. The zero-order valence-electron chi connectivity index (χ0n) is 11.8. The van der Waals surface area contributed by atoms with E-state index in [1.165, 1.54) is 6.07 Å². The highest BCUT2D eigenvalue weighted by Crippen LogP contribution is 2.17. The Kier molecular flexibility index (Phi) is 6.48. The van der Waals surface area contributed by atoms with Crippen LogP contribution in [0.5, 0.6) is 0 Å². The van der Waals surface area contributed by atoms with Crippen LogP contribution in [0.2, 0.25) is 5.02 Å². The van der Waals surface area contributed by atoms with Crippen LogP contribution in [0.25, 0.3) is 0 Å². The van der Waals surface area contributed by atoms with E-state index >= 15 is 0 Å². The molecule has 0 aliphatic rings. The molecule has 110 valence electrons. The summed E-state index contributed by atoms with van der Waals surface area (Å²) in [6, 6.07) is 4.89. The van der Waals surface area contributed by atoms with E-state index in [1.54, 1.807) is 17.0 Å². The monoisotopic (exact) mass is 297 g/mol. The molecule has 1 aromatic carbocycles. The number of carbonyl (C=O) groups is 2. The van der Waals surface area contributed by atoms with Gasteiger partial charge in [-0.1, -0.05) is 17.7 Å². The molecule has 0 spiro atoms. The van der Waals surface area contributed by atoms with Gasteiger partial charge in [0.1, 0.15) is 0 Å². The van der Waals surface area contributed by atoms with Gasteiger partial charge in [-0.25, -0.2) is 0 Å². The Hall–Kier alpha value is -1.59. The number of nitrogens with zero attached hydrogens (tertiary/aromatic N) is 1. The second kappa shape index (κ2) is 7.87. The fraction of sp³-hybridized carbons (Fsp3) is 0.429. The van der Waals surface area contributed by atoms with Crippen LogP contribution in [0.3, 0.4) is 0 Å². The fourth-order valence-corrected chi connectivity index (χ4v) is 2.08. The van der Waals surface area contributed by atoms with Crippen molar-refractivity contribution in [1.82, 2.24) is 10.2 Å². The van der Waals surface area contributed by atoms with Gasteiger partial charge in [0.05, 0.1) is 6.54 Å². The van der Waals surface area contributed by atoms with Gasteiger partial charge < -0.3 is 16.0 Å². The molecule has 1 rings (SSSR count). The fourth-order valence-electron chi connectivity index (χ4n) is 1.84. The van der Waals surface area contributed by atoms with E-state index in [2.05, 4.69) is 5.32 Å². The molecular weight excluding hydrogens is 278 g/mol. The molecule has 0 saturated heterocycles. The molecule has 0 saturated carbocycles. The Morgan fingerprint density at radius 2 is 1.95 bits per heavy atom. The van der Waals surface area contributed by atoms with Crippen molar-refractivity contribution in [2.24, 2.45) is 5.73 Å². The maximum absolute atomic E-state index is 11.8. The molecule has 0 aliphatic carbocycles. The van der Waals surface area contributed by atoms with Crippen molar-refractivity contribution in [3.05, 3.63) is 34.3 Å². The van der Waals surface area contributed by atoms with Gasteiger partial charge >= 0.3 is 0 Å². The second-order valence-corrected chi connectivity index (χ2v) is 4.75. The number of benzene rings is 1. The van der Waals surface area contributed by atoms with Crippen LogP contribution >= 0.6 is 11.6 Å². The number of carbonyl (C=O) groups excluding carboxylic acids is 2. The molecule has 0 aromatic heterocycles. The molecule has 6 heteroatoms. The number of nitrogens with one attached hydrogen (secondary N) is 1. The van der Waals surface area contributed by atoms with Crippen LogP contribution in [0, 0.1) is 0 Å². The molecule has 0 atom stereocenters. The number of hydrogen-bond acceptors (Lipinski definition) is 3. The lowest BCUT2D eigenvalue weighted by Gasteiger charge is -2.18. The molecule has 0 fully saturated rings. The number of hydrogen-bond donors (Lipinski definition) is 2. The average Bonchev–Trinajstić information content (AvgIpc) is 2.41. The molecule has 0 radical (unpaired) electrons. The number of halogens is 1. The first-order valence-electron chi connectivity index (χ1n) is 6.56. The highest BCUT2D eigenvalue weighted by atomic mass is 35.5. The van der Waals surface area contributed by atoms with E-state index < -0.39 is 5.91 Å². The minimum Gasteiger partial charge on any atom is -0.366 e. The van der Waals surface area contributed by atoms with Crippen molar-refractivity contribution in [3.8, 4) is 0 Å². The topological polar surface area (TPSA) is 75.4 Å². The maximum Gasteiger partial charge on any atom is 0.248 e. The van der Waals surface area contributed by atoms with Crippen molar-refractivity contribution < 1.29 is 9.59 Å². The number of nitrogens with two attached hydrogens (primary N) is 1. The van der Waals surface area contributed by atoms with E-state index in [9.17, 15) is 9.59 Å². The Morgan fingerprint density at radius 1 is 1.30 bits per heavy atom. The van der Waals surface area contributed by atoms with Crippen LogP contribution in [0.15, 0.2) is 18.2 Å². The first-order valence-corrected chi connectivity index (χ1v) is 6.94. The van der Waals surface area contributed by atoms with Crippen LogP contribution in [0.1, 0.15) is 29.8 Å². The Balaban J connectivity index is 2.54. The Bertz CT molecular complexity index is 487. The Labute approximate surface area is 124 Å². The van der Waals surface area contributed by atoms with E-state index in [0.717, 1.165) is 5.56 Å². The number of primary amides is 1. The summed E-state index contributed by atoms with van der Waals surface area (Å²) in [4.78, 5) is 24.6. The smallest absolute Gasteiger partial charge is 0.248 e. The normalized spacial score (nSPS) is 10.3. The minimum atomic E-state index is -0.511. The lowest BCUT2D eigenvalue weighted by molar-refractivity contribution is -0.129. The zero-order chi connectivity index (χ0) is 15.1. The SMILES string of the molecule is CCN(CC)C(=O)CNCc1ccc(C(N)=O)cc1Cl. The molecule has 1 aromatic rings. The molecule has 20 heavy (non-hydrogen) atoms. The minimum absolute atomic E-state index is 0.0554. The quantitative estimate of drug-likeness (QED) is 0.799. The van der Waals surface area contributed by atoms with Gasteiger partial charge in [0, 0.05) is 30.2 Å². The predicted molar refractivity (Wildman–Crippen MR) is 79.6 cm³/mol. The third-order valence-electron chi connectivity index (χ3n) is 3.05. The van der Waals surface area contributed by atoms with E-state index in [1.807, 2.05) is 13.8 Å². The van der Waals surface area contributed by atoms with Crippen LogP contribution < -0.4 is 11.1 Å². The second-order valence-electron chi connectivity index (χ2n) is 4.34. The molecule has 0 heterocycles. The van der Waals surface area contributed by atoms with Gasteiger partial charge in [0.2, 0.25) is 11.8 Å². The van der Waals surface area contributed by atoms with E-state index in [-0.39, 0.29) is 12.5 Å². The maximum atomic E-state index is 11.8. The molecule has 3 N–H and O–H groups in total. The molecule has 0 bridgehead atoms. The third kappa shape index (κ3) is 4.51. The predicted octanol–water partition coefficient (Wildman–Crippen LogP) is 1.40. The van der Waals surface area contributed by atoms with Gasteiger partial charge in [-0.05, 0) is 31.5 Å². The van der Waals surface area contributed by atoms with E-state index in [4.69, 9.17) is 17.3 Å². The van der Waals surface area contributed by atoms with Crippen molar-refractivity contribution in [2.45, 2.75) is 20.4 Å². The summed E-state index contributed by atoms with van der Waals surface area (Å²) >= 11 is 6.06. The molecule has 0 unspecified atom stereocenters. The first-order chi connectivity index (χ1) is 9.49. The van der Waals surface area contributed by atoms with Crippen molar-refractivity contribution in [3.63, 3.8) is 0 Å². The average molecular weight is 298 g/mol. The molecule has 0 aliphatic heterocycles. The lowest BCUT2D eigenvalue weighted by Crippen LogP contribution is -2.37. The number of amides is 2. The summed E-state index contributed by atoms with van der Waals surface area (Å²) in [6.45, 7) is 6.01. The largest absolute Gasteiger partial charge is 0.366 e. The molecule has 2 amide bonds. The molecule has 5 nitrogen and oxygen atoms in total. The van der Waals surface area contributed by atoms with Gasteiger partial charge in [-0.3, -0.25) is 9.59 Å². The van der Waals surface area contributed by atoms with Gasteiger partial charge in [0.15, 0.2) is 0 Å². The third-order valence-corrected chi connectivity index (χ3v) is 3.40. The number of rotatable bonds is 7. The summed E-state index contributed by atoms with van der Waals surface area (Å²) in [6.07, 6.45) is 0. The van der Waals surface area contributed by atoms with Crippen molar-refractivity contribution in [1.29, 1.82) is 0 Å². The van der Waals surface area contributed by atoms with Gasteiger partial charge in [0.25, 0.3) is 0 Å². The Morgan fingerprint density at radius 3 is 2.45 bits per heavy atom. The molecular formula is C14H20ClN3O2. The summed E-state index contributed by atoms with van der Waals surface area (Å²) < 4.78 is 0. The van der Waals surface area contributed by atoms with Crippen LogP contribution in [-0.4, -0.2) is 36.3 Å². The van der Waals surface area contributed by atoms with E-state index in [0.29, 0.717) is 30.2 Å². The highest BCUT2D eigenvalue weighted by Gasteiger charge is 2.09. The van der Waals surface area contributed by atoms with Crippen LogP contribution in [-0.2, 0) is 11.3 Å². The van der Waals surface area contributed by atoms with Crippen molar-refractivity contribution >= 4 is 23.4 Å². The highest BCUT2D eigenvalue weighted by molar-refractivity contribution is 6.31. The van der Waals surface area contributed by atoms with Crippen LogP contribution in [0.4, 0.5) is 0 Å². The lowest BCUT2D eigenvalue weighted by atomic mass is 10.1. The van der Waals surface area contributed by atoms with Crippen molar-refractivity contribution in [2.75, 3.05) is 19.6 Å². The van der Waals surface area contributed by atoms with Gasteiger partial charge in [-0.15, -0.1) is 0 Å². The first kappa shape index (κ1) is 16.5. The summed E-state index contributed by atoms with van der Waals surface area (Å²) in [5.41, 5.74) is 6.37. The number of likely N-dealkylation sites (N-methyl/N-ethyl adjacent to an activating group) is 1. The zero-order valence-corrected chi connectivity index (χ0v) is 12.5. The summed E-state index contributed by atoms with van der Waals surface area (Å²) in [5, 5.41) is 3.51. The summed E-state index contributed by atoms with van der Waals surface area (Å²) in [5.74, 6) is -0.456. The standard InChI is InChI=1S/C14H20ClN3O2/c1-3-18(4-2)13(19)9-17-8-11-6-5-10(14(16)20)7-12(11)15/h5-7,17H,3-4,8-9H2,1-2H3,(H2,16,20).